The van der Waals surface area contributed by atoms with Crippen LogP contribution in [0, 0.1) is 0 Å². The molecule has 2 aliphatic rings. The molecule has 162 valence electrons. The van der Waals surface area contributed by atoms with Crippen molar-refractivity contribution in [1.82, 2.24) is 14.5 Å². The number of amides is 2. The molecule has 2 aliphatic heterocycles. The Morgan fingerprint density at radius 2 is 1.77 bits per heavy atom. The van der Waals surface area contributed by atoms with E-state index in [2.05, 4.69) is 4.72 Å². The lowest BCUT2D eigenvalue weighted by atomic mass is 10.1. The van der Waals surface area contributed by atoms with E-state index < -0.39 is 16.1 Å². The molecule has 0 aromatic carbocycles. The third kappa shape index (κ3) is 4.72. The summed E-state index contributed by atoms with van der Waals surface area (Å²) in [5, 5.41) is 0. The van der Waals surface area contributed by atoms with Crippen molar-refractivity contribution in [1.29, 1.82) is 0 Å². The molecular formula is C19H22ClN3O4S3. The highest BCUT2D eigenvalue weighted by Gasteiger charge is 2.34. The van der Waals surface area contributed by atoms with Crippen molar-refractivity contribution in [3.63, 3.8) is 0 Å². The van der Waals surface area contributed by atoms with E-state index >= 15 is 0 Å². The molecule has 2 aromatic heterocycles. The molecule has 2 amide bonds. The molecule has 0 radical (unpaired) electrons. The number of hydrogen-bond donors (Lipinski definition) is 1. The average Bonchev–Trinajstić information content (AvgIpc) is 3.45. The molecule has 0 bridgehead atoms. The number of sulfonamides is 1. The largest absolute Gasteiger partial charge is 0.341 e. The maximum absolute atomic E-state index is 12.9. The number of carbonyl (C=O) groups excluding carboxylic acids is 2. The van der Waals surface area contributed by atoms with Crippen molar-refractivity contribution in [2.75, 3.05) is 26.2 Å². The molecule has 0 spiro atoms. The first-order chi connectivity index (χ1) is 14.3. The average molecular weight is 488 g/mol. The van der Waals surface area contributed by atoms with E-state index in [0.29, 0.717) is 23.7 Å². The quantitative estimate of drug-likeness (QED) is 0.678. The van der Waals surface area contributed by atoms with Crippen LogP contribution < -0.4 is 4.72 Å². The van der Waals surface area contributed by atoms with Crippen LogP contribution in [0.3, 0.4) is 0 Å². The number of halogens is 1. The molecule has 30 heavy (non-hydrogen) atoms. The molecule has 11 heteroatoms. The van der Waals surface area contributed by atoms with Crippen LogP contribution in [0.1, 0.15) is 25.7 Å². The summed E-state index contributed by atoms with van der Waals surface area (Å²) in [7, 11) is -3.84. The highest BCUT2D eigenvalue weighted by Crippen LogP contribution is 2.36. The zero-order valence-corrected chi connectivity index (χ0v) is 19.4. The van der Waals surface area contributed by atoms with E-state index in [1.807, 2.05) is 6.07 Å². The maximum Gasteiger partial charge on any atom is 0.250 e. The molecule has 1 unspecified atom stereocenters. The van der Waals surface area contributed by atoms with Gasteiger partial charge in [-0.1, -0.05) is 11.6 Å². The monoisotopic (exact) mass is 487 g/mol. The fourth-order valence-electron chi connectivity index (χ4n) is 3.73. The Bertz CT molecular complexity index is 1040. The molecular weight excluding hydrogens is 466 g/mol. The summed E-state index contributed by atoms with van der Waals surface area (Å²) in [6, 6.07) is 6.05. The van der Waals surface area contributed by atoms with Gasteiger partial charge in [0.05, 0.1) is 10.9 Å². The molecule has 0 saturated carbocycles. The Hall–Kier alpha value is -1.46. The van der Waals surface area contributed by atoms with E-state index in [1.54, 1.807) is 17.0 Å². The maximum atomic E-state index is 12.9. The lowest BCUT2D eigenvalue weighted by Crippen LogP contribution is -2.54. The van der Waals surface area contributed by atoms with Gasteiger partial charge in [0.2, 0.25) is 11.8 Å². The van der Waals surface area contributed by atoms with E-state index in [0.717, 1.165) is 47.0 Å². The molecule has 1 N–H and O–H groups in total. The van der Waals surface area contributed by atoms with Crippen LogP contribution in [0.2, 0.25) is 4.34 Å². The molecule has 4 rings (SSSR count). The Kier molecular flexibility index (Phi) is 6.50. The number of thiophene rings is 2. The Morgan fingerprint density at radius 3 is 2.47 bits per heavy atom. The molecule has 7 nitrogen and oxygen atoms in total. The van der Waals surface area contributed by atoms with Crippen LogP contribution in [-0.2, 0) is 19.6 Å². The molecule has 4 heterocycles. The van der Waals surface area contributed by atoms with Crippen LogP contribution in [0.4, 0.5) is 0 Å². The smallest absolute Gasteiger partial charge is 0.250 e. The fourth-order valence-corrected chi connectivity index (χ4v) is 7.41. The highest BCUT2D eigenvalue weighted by molar-refractivity contribution is 7.91. The van der Waals surface area contributed by atoms with Crippen molar-refractivity contribution in [3.8, 4) is 9.75 Å². The van der Waals surface area contributed by atoms with Crippen molar-refractivity contribution >= 4 is 56.1 Å². The van der Waals surface area contributed by atoms with Crippen molar-refractivity contribution in [3.05, 3.63) is 28.6 Å². The van der Waals surface area contributed by atoms with Gasteiger partial charge >= 0.3 is 0 Å². The topological polar surface area (TPSA) is 86.8 Å². The SMILES string of the molecule is O=C(CN1CCCC(NS(=O)(=O)c2ccc(-c3ccc(Cl)s3)s2)C1=O)N1CCCC1. The lowest BCUT2D eigenvalue weighted by molar-refractivity contribution is -0.142. The van der Waals surface area contributed by atoms with Gasteiger partial charge < -0.3 is 9.80 Å². The van der Waals surface area contributed by atoms with Crippen LogP contribution in [0.15, 0.2) is 28.5 Å². The second-order valence-corrected chi connectivity index (χ2v) is 12.1. The molecule has 1 atom stereocenters. The van der Waals surface area contributed by atoms with Gasteiger partial charge in [-0.05, 0) is 49.9 Å². The number of nitrogens with zero attached hydrogens (tertiary/aromatic N) is 2. The predicted molar refractivity (Wildman–Crippen MR) is 118 cm³/mol. The van der Waals surface area contributed by atoms with Gasteiger partial charge in [0.1, 0.15) is 10.3 Å². The van der Waals surface area contributed by atoms with Crippen molar-refractivity contribution in [2.24, 2.45) is 0 Å². The summed E-state index contributed by atoms with van der Waals surface area (Å²) in [4.78, 5) is 30.2. The molecule has 2 fully saturated rings. The van der Waals surface area contributed by atoms with Gasteiger partial charge in [0.25, 0.3) is 10.0 Å². The van der Waals surface area contributed by atoms with Gasteiger partial charge in [0.15, 0.2) is 0 Å². The predicted octanol–water partition coefficient (Wildman–Crippen LogP) is 3.02. The number of piperidine rings is 1. The van der Waals surface area contributed by atoms with Gasteiger partial charge in [0, 0.05) is 29.4 Å². The summed E-state index contributed by atoms with van der Waals surface area (Å²) in [5.41, 5.74) is 0. The molecule has 0 aliphatic carbocycles. The highest BCUT2D eigenvalue weighted by atomic mass is 35.5. The van der Waals surface area contributed by atoms with E-state index in [1.165, 1.54) is 22.3 Å². The zero-order valence-electron chi connectivity index (χ0n) is 16.2. The van der Waals surface area contributed by atoms with Gasteiger partial charge in [-0.3, -0.25) is 9.59 Å². The number of likely N-dealkylation sites (tertiary alicyclic amines) is 2. The lowest BCUT2D eigenvalue weighted by Gasteiger charge is -2.33. The summed E-state index contributed by atoms with van der Waals surface area (Å²) >= 11 is 8.49. The van der Waals surface area contributed by atoms with E-state index in [9.17, 15) is 18.0 Å². The van der Waals surface area contributed by atoms with Crippen molar-refractivity contribution in [2.45, 2.75) is 35.9 Å². The van der Waals surface area contributed by atoms with E-state index in [4.69, 9.17) is 11.6 Å². The zero-order chi connectivity index (χ0) is 21.3. The van der Waals surface area contributed by atoms with Crippen LogP contribution in [0.5, 0.6) is 0 Å². The summed E-state index contributed by atoms with van der Waals surface area (Å²) in [6.45, 7) is 1.94. The number of hydrogen-bond acceptors (Lipinski definition) is 6. The van der Waals surface area contributed by atoms with Crippen LogP contribution in [0.25, 0.3) is 9.75 Å². The third-order valence-corrected chi connectivity index (χ3v) is 9.75. The minimum absolute atomic E-state index is 0.0132. The normalized spacial score (nSPS) is 20.2. The Morgan fingerprint density at radius 1 is 1.07 bits per heavy atom. The standard InChI is InChI=1S/C19H22ClN3O4S3/c20-16-7-5-14(28-16)15-6-8-18(29-15)30(26,27)21-13-4-3-11-23(19(13)25)12-17(24)22-9-1-2-10-22/h5-8,13,21H,1-4,9-12H2. The molecule has 2 aromatic rings. The minimum atomic E-state index is -3.84. The number of nitrogens with one attached hydrogen (secondary N) is 1. The van der Waals surface area contributed by atoms with Crippen LogP contribution in [-0.4, -0.2) is 62.3 Å². The van der Waals surface area contributed by atoms with Gasteiger partial charge in [-0.15, -0.1) is 22.7 Å². The van der Waals surface area contributed by atoms with Crippen molar-refractivity contribution < 1.29 is 18.0 Å². The fraction of sp³-hybridized carbons (Fsp3) is 0.474. The summed E-state index contributed by atoms with van der Waals surface area (Å²) in [6.07, 6.45) is 3.05. The van der Waals surface area contributed by atoms with Crippen LogP contribution >= 0.6 is 34.3 Å². The number of carbonyl (C=O) groups is 2. The Balaban J connectivity index is 1.42. The second kappa shape index (κ2) is 8.96. The summed E-state index contributed by atoms with van der Waals surface area (Å²) < 4.78 is 29.1. The first-order valence-corrected chi connectivity index (χ1v) is 13.3. The first kappa shape index (κ1) is 21.8. The molecule has 2 saturated heterocycles. The van der Waals surface area contributed by atoms with Gasteiger partial charge in [-0.2, -0.15) is 4.72 Å². The Labute approximate surface area is 188 Å². The van der Waals surface area contributed by atoms with Gasteiger partial charge in [-0.25, -0.2) is 8.42 Å². The van der Waals surface area contributed by atoms with E-state index in [-0.39, 0.29) is 22.6 Å². The first-order valence-electron chi connectivity index (χ1n) is 9.78. The minimum Gasteiger partial charge on any atom is -0.341 e. The second-order valence-electron chi connectivity index (χ2n) is 7.39. The number of rotatable bonds is 6. The summed E-state index contributed by atoms with van der Waals surface area (Å²) in [5.74, 6) is -0.402. The third-order valence-electron chi connectivity index (χ3n) is 5.28.